The molecule has 0 amide bonds. The Morgan fingerprint density at radius 2 is 1.32 bits per heavy atom. The van der Waals surface area contributed by atoms with E-state index in [4.69, 9.17) is 5.73 Å². The summed E-state index contributed by atoms with van der Waals surface area (Å²) < 4.78 is 48.4. The third-order valence-corrected chi connectivity index (χ3v) is 8.55. The molecule has 0 aromatic rings. The van der Waals surface area contributed by atoms with Crippen molar-refractivity contribution in [1.82, 2.24) is 5.32 Å². The minimum Gasteiger partial charge on any atom is -0.369 e. The van der Waals surface area contributed by atoms with Crippen LogP contribution in [0.4, 0.5) is 0 Å². The fourth-order valence-electron chi connectivity index (χ4n) is 5.84. The van der Waals surface area contributed by atoms with Crippen LogP contribution in [-0.4, -0.2) is 32.5 Å². The summed E-state index contributed by atoms with van der Waals surface area (Å²) in [6.07, 6.45) is 18.6. The SMILES string of the molecule is NC(=NC1=C2C=CC=C3CCC(=CC1=S(=O)=O)C32)NC1=C2C=CC=C3CCC(=CC1=S(=O)=O)C32. The van der Waals surface area contributed by atoms with E-state index in [1.165, 1.54) is 11.1 Å². The van der Waals surface area contributed by atoms with Crippen molar-refractivity contribution in [2.45, 2.75) is 25.7 Å². The van der Waals surface area contributed by atoms with E-state index in [-0.39, 0.29) is 27.5 Å². The van der Waals surface area contributed by atoms with Gasteiger partial charge in [-0.05, 0) is 49.0 Å². The average molecular weight is 492 g/mol. The number of allylic oxidation sites excluding steroid dienone is 14. The van der Waals surface area contributed by atoms with E-state index < -0.39 is 20.6 Å². The molecule has 0 aromatic heterocycles. The number of aliphatic imine (C=N–C) groups is 1. The zero-order chi connectivity index (χ0) is 23.6. The highest BCUT2D eigenvalue weighted by Gasteiger charge is 2.37. The molecule has 0 radical (unpaired) electrons. The summed E-state index contributed by atoms with van der Waals surface area (Å²) in [6.45, 7) is 0. The van der Waals surface area contributed by atoms with Gasteiger partial charge in [-0.1, -0.05) is 58.7 Å². The summed E-state index contributed by atoms with van der Waals surface area (Å²) in [5.74, 6) is 0.00270. The van der Waals surface area contributed by atoms with Gasteiger partial charge in [-0.25, -0.2) is 4.99 Å². The first-order valence-electron chi connectivity index (χ1n) is 11.1. The Balaban J connectivity index is 1.46. The zero-order valence-corrected chi connectivity index (χ0v) is 19.7. The minimum absolute atomic E-state index is 0.0229. The van der Waals surface area contributed by atoms with Gasteiger partial charge in [-0.3, -0.25) is 0 Å². The second-order valence-electron chi connectivity index (χ2n) is 8.96. The highest BCUT2D eigenvalue weighted by atomic mass is 32.2. The number of rotatable bonds is 2. The fraction of sp³-hybridized carbons (Fsp3) is 0.240. The number of nitrogens with two attached hydrogens (primary N) is 1. The summed E-state index contributed by atoms with van der Waals surface area (Å²) in [5.41, 5.74) is 13.2. The predicted octanol–water partition coefficient (Wildman–Crippen LogP) is 2.19. The lowest BCUT2D eigenvalue weighted by Crippen LogP contribution is -2.37. The first-order chi connectivity index (χ1) is 16.4. The first-order valence-corrected chi connectivity index (χ1v) is 13.2. The van der Waals surface area contributed by atoms with E-state index in [0.717, 1.165) is 48.0 Å². The van der Waals surface area contributed by atoms with Gasteiger partial charge in [0.05, 0.1) is 11.4 Å². The molecule has 6 aliphatic rings. The maximum atomic E-state index is 12.1. The largest absolute Gasteiger partial charge is 0.369 e. The van der Waals surface area contributed by atoms with Crippen LogP contribution >= 0.6 is 0 Å². The van der Waals surface area contributed by atoms with Gasteiger partial charge >= 0.3 is 0 Å². The molecule has 2 unspecified atom stereocenters. The van der Waals surface area contributed by atoms with Crippen molar-refractivity contribution in [2.75, 3.05) is 0 Å². The normalized spacial score (nSPS) is 26.6. The van der Waals surface area contributed by atoms with Crippen LogP contribution in [0.1, 0.15) is 25.7 Å². The molecule has 3 N–H and O–H groups in total. The van der Waals surface area contributed by atoms with Gasteiger partial charge in [0.2, 0.25) is 20.6 Å². The van der Waals surface area contributed by atoms with Crippen molar-refractivity contribution in [3.8, 4) is 0 Å². The number of hydrogen-bond donors (Lipinski definition) is 2. The van der Waals surface area contributed by atoms with Gasteiger partial charge in [0.25, 0.3) is 0 Å². The van der Waals surface area contributed by atoms with Crippen LogP contribution in [0.5, 0.6) is 0 Å². The maximum Gasteiger partial charge on any atom is 0.223 e. The first kappa shape index (κ1) is 21.1. The predicted molar refractivity (Wildman–Crippen MR) is 133 cm³/mol. The number of guanidine groups is 1. The van der Waals surface area contributed by atoms with Crippen molar-refractivity contribution in [3.05, 3.63) is 93.4 Å². The molecule has 7 nitrogen and oxygen atoms in total. The standard InChI is InChI=1S/C25H21N3O4S2/c26-25(27-23-17-5-1-3-13-7-9-15(21(13)17)11-19(23)33(29)30)28-24-18-6-2-4-14-8-10-16(22(14)18)12-20(24)34(31)32/h1-6,11-12,21-22H,7-10H2,(H3,26,27,28). The van der Waals surface area contributed by atoms with Crippen LogP contribution in [0, 0.1) is 11.8 Å². The Labute approximate surface area is 199 Å². The molecule has 0 heterocycles. The van der Waals surface area contributed by atoms with Crippen molar-refractivity contribution in [3.63, 3.8) is 0 Å². The van der Waals surface area contributed by atoms with Crippen LogP contribution in [-0.2, 0) is 20.6 Å². The molecule has 0 aromatic carbocycles. The van der Waals surface area contributed by atoms with Crippen LogP contribution in [0.2, 0.25) is 0 Å². The van der Waals surface area contributed by atoms with E-state index in [1.54, 1.807) is 12.2 Å². The Morgan fingerprint density at radius 1 is 0.794 bits per heavy atom. The molecule has 2 atom stereocenters. The third kappa shape index (κ3) is 3.19. The lowest BCUT2D eigenvalue weighted by molar-refractivity contribution is 0.625. The molecular weight excluding hydrogens is 470 g/mol. The molecule has 6 rings (SSSR count). The van der Waals surface area contributed by atoms with Crippen molar-refractivity contribution < 1.29 is 16.8 Å². The summed E-state index contributed by atoms with van der Waals surface area (Å²) >= 11 is 0. The summed E-state index contributed by atoms with van der Waals surface area (Å²) in [6, 6.07) is 0. The molecule has 0 saturated heterocycles. The number of nitrogens with zero attached hydrogens (tertiary/aromatic N) is 1. The quantitative estimate of drug-likeness (QED) is 0.347. The molecule has 2 fully saturated rings. The fourth-order valence-corrected chi connectivity index (χ4v) is 6.99. The van der Waals surface area contributed by atoms with Gasteiger partial charge < -0.3 is 11.1 Å². The molecule has 0 aliphatic heterocycles. The highest BCUT2D eigenvalue weighted by molar-refractivity contribution is 7.74. The van der Waals surface area contributed by atoms with Crippen molar-refractivity contribution in [2.24, 2.45) is 22.6 Å². The molecule has 2 saturated carbocycles. The minimum atomic E-state index is -2.50. The van der Waals surface area contributed by atoms with Gasteiger partial charge in [-0.2, -0.15) is 16.8 Å². The Hall–Kier alpha value is -3.43. The summed E-state index contributed by atoms with van der Waals surface area (Å²) in [7, 11) is -4.99. The van der Waals surface area contributed by atoms with E-state index in [0.29, 0.717) is 11.4 Å². The van der Waals surface area contributed by atoms with Crippen LogP contribution < -0.4 is 11.1 Å². The van der Waals surface area contributed by atoms with E-state index in [9.17, 15) is 16.8 Å². The smallest absolute Gasteiger partial charge is 0.223 e. The molecular formula is C25H21N3O4S2. The van der Waals surface area contributed by atoms with Gasteiger partial charge in [0.1, 0.15) is 9.73 Å². The molecule has 172 valence electrons. The highest BCUT2D eigenvalue weighted by Crippen LogP contribution is 2.48. The molecule has 0 bridgehead atoms. The summed E-state index contributed by atoms with van der Waals surface area (Å²) in [4.78, 5) is 4.73. The Kier molecular flexibility index (Phi) is 4.86. The van der Waals surface area contributed by atoms with Crippen molar-refractivity contribution >= 4 is 36.3 Å². The van der Waals surface area contributed by atoms with Gasteiger partial charge in [0.15, 0.2) is 5.96 Å². The second-order valence-corrected chi connectivity index (χ2v) is 10.8. The monoisotopic (exact) mass is 491 g/mol. The Bertz CT molecular complexity index is 1620. The van der Waals surface area contributed by atoms with Gasteiger partial charge in [0, 0.05) is 11.8 Å². The van der Waals surface area contributed by atoms with Gasteiger partial charge in [-0.15, -0.1) is 0 Å². The van der Waals surface area contributed by atoms with E-state index in [2.05, 4.69) is 22.5 Å². The van der Waals surface area contributed by atoms with Crippen LogP contribution in [0.15, 0.2) is 98.4 Å². The Morgan fingerprint density at radius 3 is 1.94 bits per heavy atom. The number of nitrogens with one attached hydrogen (secondary N) is 1. The molecule has 0 spiro atoms. The maximum absolute atomic E-state index is 12.1. The third-order valence-electron chi connectivity index (χ3n) is 7.20. The van der Waals surface area contributed by atoms with E-state index >= 15 is 0 Å². The summed E-state index contributed by atoms with van der Waals surface area (Å²) in [5, 5.41) is 3.01. The molecule has 34 heavy (non-hydrogen) atoms. The second kappa shape index (κ2) is 7.82. The lowest BCUT2D eigenvalue weighted by atomic mass is 9.81. The molecule has 9 heteroatoms. The average Bonchev–Trinajstić information content (AvgIpc) is 3.42. The van der Waals surface area contributed by atoms with Crippen LogP contribution in [0.25, 0.3) is 0 Å². The van der Waals surface area contributed by atoms with E-state index in [1.807, 2.05) is 24.3 Å². The van der Waals surface area contributed by atoms with Crippen molar-refractivity contribution in [1.29, 1.82) is 0 Å². The number of hydrogen-bond acceptors (Lipinski definition) is 5. The topological polar surface area (TPSA) is 119 Å². The van der Waals surface area contributed by atoms with Crippen LogP contribution in [0.3, 0.4) is 0 Å². The zero-order valence-electron chi connectivity index (χ0n) is 18.1. The molecule has 6 aliphatic carbocycles. The lowest BCUT2D eigenvalue weighted by Gasteiger charge is -2.27.